The second-order valence-electron chi connectivity index (χ2n) is 7.42. The predicted molar refractivity (Wildman–Crippen MR) is 122 cm³/mol. The molecule has 2 rings (SSSR count). The highest BCUT2D eigenvalue weighted by Crippen LogP contribution is 2.24. The number of aliphatic imine (C=N–C) groups is 1. The van der Waals surface area contributed by atoms with Gasteiger partial charge in [0.2, 0.25) is 5.91 Å². The Bertz CT molecular complexity index is 618. The molecule has 1 atom stereocenters. The number of nitrogens with zero attached hydrogens (tertiary/aromatic N) is 2. The first-order valence-corrected chi connectivity index (χ1v) is 9.61. The molecule has 26 heavy (non-hydrogen) atoms. The summed E-state index contributed by atoms with van der Waals surface area (Å²) in [5.41, 5.74) is 6.63. The van der Waals surface area contributed by atoms with Gasteiger partial charge in [0.1, 0.15) is 0 Å². The van der Waals surface area contributed by atoms with E-state index in [0.717, 1.165) is 42.9 Å². The second-order valence-corrected chi connectivity index (χ2v) is 8.33. The molecule has 5 nitrogen and oxygen atoms in total. The van der Waals surface area contributed by atoms with Gasteiger partial charge in [0.15, 0.2) is 5.96 Å². The first-order chi connectivity index (χ1) is 11.8. The average molecular weight is 537 g/mol. The van der Waals surface area contributed by atoms with Crippen LogP contribution in [0.5, 0.6) is 0 Å². The van der Waals surface area contributed by atoms with Gasteiger partial charge in [-0.3, -0.25) is 9.79 Å². The second kappa shape index (κ2) is 10.5. The largest absolute Gasteiger partial charge is 0.370 e. The molecule has 7 heteroatoms. The Kier molecular flexibility index (Phi) is 9.36. The number of benzene rings is 1. The van der Waals surface area contributed by atoms with Crippen molar-refractivity contribution in [3.63, 3.8) is 0 Å². The molecule has 0 aromatic heterocycles. The molecule has 3 N–H and O–H groups in total. The lowest BCUT2D eigenvalue weighted by molar-refractivity contribution is -0.119. The molecule has 1 amide bonds. The number of rotatable bonds is 5. The van der Waals surface area contributed by atoms with Crippen molar-refractivity contribution in [2.24, 2.45) is 16.6 Å². The molecule has 1 unspecified atom stereocenters. The zero-order valence-corrected chi connectivity index (χ0v) is 19.7. The van der Waals surface area contributed by atoms with Gasteiger partial charge in [-0.25, -0.2) is 0 Å². The summed E-state index contributed by atoms with van der Waals surface area (Å²) in [5, 5.41) is 3.51. The minimum Gasteiger partial charge on any atom is -0.370 e. The Hall–Kier alpha value is -0.830. The zero-order valence-electron chi connectivity index (χ0n) is 15.8. The van der Waals surface area contributed by atoms with E-state index in [1.54, 1.807) is 0 Å². The van der Waals surface area contributed by atoms with Crippen molar-refractivity contribution in [3.8, 4) is 0 Å². The van der Waals surface area contributed by atoms with Crippen LogP contribution in [0.15, 0.2) is 33.7 Å². The van der Waals surface area contributed by atoms with E-state index in [9.17, 15) is 4.79 Å². The molecule has 146 valence electrons. The molecule has 1 saturated heterocycles. The van der Waals surface area contributed by atoms with Crippen LogP contribution in [0.4, 0.5) is 0 Å². The number of halogens is 2. The molecule has 0 aliphatic carbocycles. The summed E-state index contributed by atoms with van der Waals surface area (Å²) in [6, 6.07) is 8.45. The maximum Gasteiger partial charge on any atom is 0.217 e. The molecule has 1 heterocycles. The number of carbonyl (C=O) groups is 1. The Morgan fingerprint density at radius 1 is 1.38 bits per heavy atom. The van der Waals surface area contributed by atoms with E-state index >= 15 is 0 Å². The molecule has 1 fully saturated rings. The highest BCUT2D eigenvalue weighted by atomic mass is 127. The number of primary amides is 1. The fourth-order valence-corrected chi connectivity index (χ4v) is 3.61. The van der Waals surface area contributed by atoms with Crippen LogP contribution in [0.3, 0.4) is 0 Å². The standard InChI is InChI=1S/C19H29BrN4O.HI/c1-19(2,15-6-8-16(20)9-7-15)13-23-18(22-3)24-10-4-5-14(12-24)11-17(21)25;/h6-9,14H,4-5,10-13H2,1-3H3,(H2,21,25)(H,22,23);1H. The number of piperidine rings is 1. The van der Waals surface area contributed by atoms with Crippen LogP contribution in [0.25, 0.3) is 0 Å². The van der Waals surface area contributed by atoms with Crippen LogP contribution in [0.1, 0.15) is 38.7 Å². The molecule has 0 saturated carbocycles. The molecule has 1 aromatic carbocycles. The third kappa shape index (κ3) is 6.72. The van der Waals surface area contributed by atoms with Gasteiger partial charge in [0.05, 0.1) is 0 Å². The molecular formula is C19H30BrIN4O. The summed E-state index contributed by atoms with van der Waals surface area (Å²) in [7, 11) is 1.81. The summed E-state index contributed by atoms with van der Waals surface area (Å²) < 4.78 is 1.09. The third-order valence-electron chi connectivity index (χ3n) is 4.83. The maximum atomic E-state index is 11.2. The SMILES string of the molecule is CN=C(NCC(C)(C)c1ccc(Br)cc1)N1CCCC(CC(N)=O)C1.I. The number of nitrogens with one attached hydrogen (secondary N) is 1. The van der Waals surface area contributed by atoms with E-state index in [1.165, 1.54) is 5.56 Å². The lowest BCUT2D eigenvalue weighted by atomic mass is 9.84. The number of amides is 1. The number of guanidine groups is 1. The molecule has 0 spiro atoms. The normalized spacial score (nSPS) is 18.2. The first-order valence-electron chi connectivity index (χ1n) is 8.82. The first kappa shape index (κ1) is 23.2. The summed E-state index contributed by atoms with van der Waals surface area (Å²) in [6.07, 6.45) is 2.58. The van der Waals surface area contributed by atoms with Gasteiger partial charge in [0, 0.05) is 43.0 Å². The highest BCUT2D eigenvalue weighted by Gasteiger charge is 2.26. The van der Waals surface area contributed by atoms with E-state index in [4.69, 9.17) is 5.73 Å². The van der Waals surface area contributed by atoms with Crippen LogP contribution < -0.4 is 11.1 Å². The van der Waals surface area contributed by atoms with Crippen molar-refractivity contribution in [2.45, 2.75) is 38.5 Å². The smallest absolute Gasteiger partial charge is 0.217 e. The van der Waals surface area contributed by atoms with Gasteiger partial charge >= 0.3 is 0 Å². The van der Waals surface area contributed by atoms with Crippen molar-refractivity contribution >= 4 is 51.8 Å². The van der Waals surface area contributed by atoms with Crippen molar-refractivity contribution in [1.82, 2.24) is 10.2 Å². The van der Waals surface area contributed by atoms with Crippen molar-refractivity contribution in [2.75, 3.05) is 26.7 Å². The van der Waals surface area contributed by atoms with E-state index in [2.05, 4.69) is 69.3 Å². The fraction of sp³-hybridized carbons (Fsp3) is 0.579. The summed E-state index contributed by atoms with van der Waals surface area (Å²) in [6.45, 7) is 7.04. The van der Waals surface area contributed by atoms with Gasteiger partial charge in [-0.15, -0.1) is 24.0 Å². The van der Waals surface area contributed by atoms with Crippen molar-refractivity contribution in [3.05, 3.63) is 34.3 Å². The summed E-state index contributed by atoms with van der Waals surface area (Å²) in [5.74, 6) is 1.01. The minimum absolute atomic E-state index is 0. The van der Waals surface area contributed by atoms with Gasteiger partial charge in [0.25, 0.3) is 0 Å². The van der Waals surface area contributed by atoms with Gasteiger partial charge in [-0.2, -0.15) is 0 Å². The quantitative estimate of drug-likeness (QED) is 0.344. The molecule has 1 aliphatic rings. The Balaban J connectivity index is 0.00000338. The third-order valence-corrected chi connectivity index (χ3v) is 5.36. The predicted octanol–water partition coefficient (Wildman–Crippen LogP) is 3.51. The van der Waals surface area contributed by atoms with Crippen molar-refractivity contribution < 1.29 is 4.79 Å². The number of likely N-dealkylation sites (tertiary alicyclic amines) is 1. The van der Waals surface area contributed by atoms with Crippen LogP contribution >= 0.6 is 39.9 Å². The number of nitrogens with two attached hydrogens (primary N) is 1. The van der Waals surface area contributed by atoms with E-state index < -0.39 is 0 Å². The Morgan fingerprint density at radius 2 is 2.04 bits per heavy atom. The Labute approximate surface area is 182 Å². The number of carbonyl (C=O) groups excluding carboxylic acids is 1. The van der Waals surface area contributed by atoms with Crippen LogP contribution in [-0.2, 0) is 10.2 Å². The molecular weight excluding hydrogens is 507 g/mol. The summed E-state index contributed by atoms with van der Waals surface area (Å²) in [4.78, 5) is 17.9. The van der Waals surface area contributed by atoms with Crippen molar-refractivity contribution in [1.29, 1.82) is 0 Å². The zero-order chi connectivity index (χ0) is 18.4. The summed E-state index contributed by atoms with van der Waals surface area (Å²) >= 11 is 3.49. The molecule has 1 aromatic rings. The fourth-order valence-electron chi connectivity index (χ4n) is 3.34. The van der Waals surface area contributed by atoms with E-state index in [0.29, 0.717) is 12.3 Å². The van der Waals surface area contributed by atoms with Crippen LogP contribution in [-0.4, -0.2) is 43.4 Å². The monoisotopic (exact) mass is 536 g/mol. The maximum absolute atomic E-state index is 11.2. The number of hydrogen-bond acceptors (Lipinski definition) is 2. The Morgan fingerprint density at radius 3 is 2.62 bits per heavy atom. The van der Waals surface area contributed by atoms with E-state index in [-0.39, 0.29) is 35.3 Å². The van der Waals surface area contributed by atoms with Gasteiger partial charge < -0.3 is 16.0 Å². The van der Waals surface area contributed by atoms with Gasteiger partial charge in [-0.1, -0.05) is 41.9 Å². The number of hydrogen-bond donors (Lipinski definition) is 2. The van der Waals surface area contributed by atoms with Crippen LogP contribution in [0, 0.1) is 5.92 Å². The highest BCUT2D eigenvalue weighted by molar-refractivity contribution is 14.0. The lowest BCUT2D eigenvalue weighted by Crippen LogP contribution is -2.49. The van der Waals surface area contributed by atoms with Crippen LogP contribution in [0.2, 0.25) is 0 Å². The molecule has 1 aliphatic heterocycles. The minimum atomic E-state index is -0.217. The van der Waals surface area contributed by atoms with Gasteiger partial charge in [-0.05, 0) is 36.5 Å². The lowest BCUT2D eigenvalue weighted by Gasteiger charge is -2.36. The topological polar surface area (TPSA) is 70.7 Å². The molecule has 0 bridgehead atoms. The molecule has 0 radical (unpaired) electrons. The average Bonchev–Trinajstić information content (AvgIpc) is 2.55. The van der Waals surface area contributed by atoms with E-state index in [1.807, 2.05) is 7.05 Å².